The molecule has 100 valence electrons. The average molecular weight is 277 g/mol. The second-order valence-corrected chi connectivity index (χ2v) is 5.87. The number of hydrogen-bond acceptors (Lipinski definition) is 4. The minimum Gasteiger partial charge on any atom is -0.387 e. The number of sulfonamides is 1. The molecule has 2 rings (SSSR count). The zero-order valence-electron chi connectivity index (χ0n) is 10.7. The van der Waals surface area contributed by atoms with Gasteiger partial charge >= 0.3 is 0 Å². The first-order valence-electron chi connectivity index (χ1n) is 5.73. The van der Waals surface area contributed by atoms with Gasteiger partial charge in [0.05, 0.1) is 11.4 Å². The molecule has 6 heteroatoms. The Morgan fingerprint density at radius 1 is 1.16 bits per heavy atom. The van der Waals surface area contributed by atoms with Crippen LogP contribution in [0.4, 0.5) is 11.4 Å². The van der Waals surface area contributed by atoms with E-state index < -0.39 is 10.0 Å². The SMILES string of the molecule is CNc1ccncc1S(=O)(=O)N(C)c1ccccc1. The third-order valence-corrected chi connectivity index (χ3v) is 4.63. The van der Waals surface area contributed by atoms with E-state index in [9.17, 15) is 8.42 Å². The molecule has 19 heavy (non-hydrogen) atoms. The van der Waals surface area contributed by atoms with Gasteiger partial charge in [0.2, 0.25) is 0 Å². The number of hydrogen-bond donors (Lipinski definition) is 1. The van der Waals surface area contributed by atoms with Crippen molar-refractivity contribution in [2.45, 2.75) is 4.90 Å². The molecule has 0 amide bonds. The number of nitrogens with zero attached hydrogens (tertiary/aromatic N) is 2. The molecule has 2 aromatic rings. The van der Waals surface area contributed by atoms with E-state index in [0.717, 1.165) is 0 Å². The molecule has 1 aromatic heterocycles. The van der Waals surface area contributed by atoms with Crippen LogP contribution in [-0.2, 0) is 10.0 Å². The van der Waals surface area contributed by atoms with Gasteiger partial charge in [-0.05, 0) is 18.2 Å². The first-order chi connectivity index (χ1) is 9.07. The molecular formula is C13H15N3O2S. The van der Waals surface area contributed by atoms with Gasteiger partial charge in [0, 0.05) is 26.5 Å². The number of benzene rings is 1. The Morgan fingerprint density at radius 3 is 2.47 bits per heavy atom. The van der Waals surface area contributed by atoms with Gasteiger partial charge in [-0.1, -0.05) is 18.2 Å². The van der Waals surface area contributed by atoms with Gasteiger partial charge in [-0.25, -0.2) is 8.42 Å². The zero-order chi connectivity index (χ0) is 13.9. The summed E-state index contributed by atoms with van der Waals surface area (Å²) in [4.78, 5) is 4.05. The third-order valence-electron chi connectivity index (χ3n) is 2.81. The Hall–Kier alpha value is -2.08. The highest BCUT2D eigenvalue weighted by atomic mass is 32.2. The van der Waals surface area contributed by atoms with E-state index in [4.69, 9.17) is 0 Å². The second-order valence-electron chi connectivity index (χ2n) is 3.93. The standard InChI is InChI=1S/C13H15N3O2S/c1-14-12-8-9-15-10-13(12)19(17,18)16(2)11-6-4-3-5-7-11/h3-10H,1-2H3,(H,14,15). The molecule has 0 aliphatic heterocycles. The maximum atomic E-state index is 12.6. The van der Waals surface area contributed by atoms with Crippen molar-refractivity contribution in [2.75, 3.05) is 23.7 Å². The lowest BCUT2D eigenvalue weighted by atomic mass is 10.3. The second kappa shape index (κ2) is 5.27. The van der Waals surface area contributed by atoms with Crippen LogP contribution in [0, 0.1) is 0 Å². The molecule has 0 fully saturated rings. The van der Waals surface area contributed by atoms with Gasteiger partial charge in [0.15, 0.2) is 0 Å². The molecule has 0 bridgehead atoms. The fourth-order valence-electron chi connectivity index (χ4n) is 1.72. The number of anilines is 2. The van der Waals surface area contributed by atoms with Crippen LogP contribution in [0.15, 0.2) is 53.7 Å². The van der Waals surface area contributed by atoms with Crippen LogP contribution in [0.1, 0.15) is 0 Å². The topological polar surface area (TPSA) is 62.3 Å². The van der Waals surface area contributed by atoms with E-state index in [1.165, 1.54) is 17.5 Å². The summed E-state index contributed by atoms with van der Waals surface area (Å²) in [5.74, 6) is 0. The highest BCUT2D eigenvalue weighted by Crippen LogP contribution is 2.25. The van der Waals surface area contributed by atoms with Crippen molar-refractivity contribution in [3.8, 4) is 0 Å². The van der Waals surface area contributed by atoms with Crippen LogP contribution in [0.2, 0.25) is 0 Å². The van der Waals surface area contributed by atoms with Gasteiger partial charge in [-0.15, -0.1) is 0 Å². The molecule has 1 N–H and O–H groups in total. The molecular weight excluding hydrogens is 262 g/mol. The smallest absolute Gasteiger partial charge is 0.267 e. The summed E-state index contributed by atoms with van der Waals surface area (Å²) in [6, 6.07) is 10.5. The van der Waals surface area contributed by atoms with Crippen LogP contribution < -0.4 is 9.62 Å². The summed E-state index contributed by atoms with van der Waals surface area (Å²) in [7, 11) is -0.424. The van der Waals surface area contributed by atoms with Crippen molar-refractivity contribution in [2.24, 2.45) is 0 Å². The van der Waals surface area contributed by atoms with Crippen LogP contribution in [-0.4, -0.2) is 27.5 Å². The molecule has 0 aliphatic carbocycles. The fraction of sp³-hybridized carbons (Fsp3) is 0.154. The van der Waals surface area contributed by atoms with Crippen LogP contribution in [0.25, 0.3) is 0 Å². The highest BCUT2D eigenvalue weighted by molar-refractivity contribution is 7.93. The summed E-state index contributed by atoms with van der Waals surface area (Å²) < 4.78 is 26.4. The molecule has 0 aliphatic rings. The predicted molar refractivity (Wildman–Crippen MR) is 75.8 cm³/mol. The van der Waals surface area contributed by atoms with Crippen LogP contribution in [0.5, 0.6) is 0 Å². The van der Waals surface area contributed by atoms with Crippen LogP contribution >= 0.6 is 0 Å². The molecule has 0 saturated heterocycles. The fourth-order valence-corrected chi connectivity index (χ4v) is 3.05. The van der Waals surface area contributed by atoms with Crippen molar-refractivity contribution >= 4 is 21.4 Å². The Kier molecular flexibility index (Phi) is 3.71. The van der Waals surface area contributed by atoms with E-state index in [1.807, 2.05) is 6.07 Å². The Labute approximate surface area is 113 Å². The summed E-state index contributed by atoms with van der Waals surface area (Å²) in [6.45, 7) is 0. The predicted octanol–water partition coefficient (Wildman–Crippen LogP) is 1.95. The lowest BCUT2D eigenvalue weighted by Crippen LogP contribution is -2.27. The van der Waals surface area contributed by atoms with E-state index >= 15 is 0 Å². The average Bonchev–Trinajstić information content (AvgIpc) is 2.47. The first-order valence-corrected chi connectivity index (χ1v) is 7.17. The molecule has 0 radical (unpaired) electrons. The van der Waals surface area contributed by atoms with Gasteiger partial charge in [-0.2, -0.15) is 0 Å². The van der Waals surface area contributed by atoms with Crippen molar-refractivity contribution < 1.29 is 8.42 Å². The lowest BCUT2D eigenvalue weighted by Gasteiger charge is -2.20. The van der Waals surface area contributed by atoms with Crippen molar-refractivity contribution in [1.82, 2.24) is 4.98 Å². The van der Waals surface area contributed by atoms with Gasteiger partial charge in [0.25, 0.3) is 10.0 Å². The lowest BCUT2D eigenvalue weighted by molar-refractivity contribution is 0.594. The van der Waals surface area contributed by atoms with Gasteiger partial charge < -0.3 is 5.32 Å². The Balaban J connectivity index is 2.48. The largest absolute Gasteiger partial charge is 0.387 e. The molecule has 0 spiro atoms. The third kappa shape index (κ3) is 2.53. The first kappa shape index (κ1) is 13.4. The number of rotatable bonds is 4. The number of pyridine rings is 1. The molecule has 1 aromatic carbocycles. The molecule has 0 unspecified atom stereocenters. The van der Waals surface area contributed by atoms with E-state index in [1.54, 1.807) is 43.6 Å². The minimum absolute atomic E-state index is 0.156. The van der Waals surface area contributed by atoms with Crippen molar-refractivity contribution in [1.29, 1.82) is 0 Å². The molecule has 1 heterocycles. The van der Waals surface area contributed by atoms with Gasteiger partial charge in [-0.3, -0.25) is 9.29 Å². The summed E-state index contributed by atoms with van der Waals surface area (Å²) in [6.07, 6.45) is 2.90. The maximum absolute atomic E-state index is 12.6. The molecule has 0 atom stereocenters. The summed E-state index contributed by atoms with van der Waals surface area (Å²) >= 11 is 0. The Morgan fingerprint density at radius 2 is 1.84 bits per heavy atom. The summed E-state index contributed by atoms with van der Waals surface area (Å²) in [5.41, 5.74) is 1.13. The molecule has 0 saturated carbocycles. The summed E-state index contributed by atoms with van der Waals surface area (Å²) in [5, 5.41) is 2.86. The maximum Gasteiger partial charge on any atom is 0.267 e. The minimum atomic E-state index is -3.63. The van der Waals surface area contributed by atoms with E-state index in [2.05, 4.69) is 10.3 Å². The van der Waals surface area contributed by atoms with Crippen molar-refractivity contribution in [3.63, 3.8) is 0 Å². The Bertz CT molecular complexity index is 657. The number of para-hydroxylation sites is 1. The van der Waals surface area contributed by atoms with E-state index in [0.29, 0.717) is 11.4 Å². The molecule has 5 nitrogen and oxygen atoms in total. The number of nitrogens with one attached hydrogen (secondary N) is 1. The normalized spacial score (nSPS) is 11.1. The number of aromatic nitrogens is 1. The quantitative estimate of drug-likeness (QED) is 0.928. The van der Waals surface area contributed by atoms with Gasteiger partial charge in [0.1, 0.15) is 4.90 Å². The zero-order valence-corrected chi connectivity index (χ0v) is 11.6. The monoisotopic (exact) mass is 277 g/mol. The highest BCUT2D eigenvalue weighted by Gasteiger charge is 2.24. The van der Waals surface area contributed by atoms with Crippen molar-refractivity contribution in [3.05, 3.63) is 48.8 Å². The van der Waals surface area contributed by atoms with E-state index in [-0.39, 0.29) is 4.90 Å². The van der Waals surface area contributed by atoms with Crippen LogP contribution in [0.3, 0.4) is 0 Å².